The summed E-state index contributed by atoms with van der Waals surface area (Å²) in [7, 11) is 1.24. The SMILES string of the molecule is COC(=O)CCSC(=O)Oc1ccc(-c2ccc(F)cc2F)cc1C(=O)OCc1ccccc1. The molecule has 3 rings (SSSR count). The maximum atomic E-state index is 14.3. The standard InChI is InChI=1S/C25H20F2O6S/c1-31-23(28)11-12-34-25(30)33-22-10-7-17(19-9-8-18(26)14-21(19)27)13-20(22)24(29)32-15-16-5-3-2-4-6-16/h2-10,13-14H,11-12,15H2,1H3. The number of benzene rings is 3. The summed E-state index contributed by atoms with van der Waals surface area (Å²) in [6.45, 7) is -0.0317. The number of hydrogen-bond donors (Lipinski definition) is 0. The van der Waals surface area contributed by atoms with E-state index in [0.29, 0.717) is 0 Å². The summed E-state index contributed by atoms with van der Waals surface area (Å²) in [5.41, 5.74) is 0.957. The molecule has 176 valence electrons. The van der Waals surface area contributed by atoms with Crippen molar-refractivity contribution in [3.63, 3.8) is 0 Å². The normalized spacial score (nSPS) is 10.4. The Morgan fingerprint density at radius 1 is 0.941 bits per heavy atom. The monoisotopic (exact) mass is 486 g/mol. The van der Waals surface area contributed by atoms with Crippen LogP contribution in [0.2, 0.25) is 0 Å². The van der Waals surface area contributed by atoms with Gasteiger partial charge in [0, 0.05) is 17.4 Å². The van der Waals surface area contributed by atoms with Crippen LogP contribution in [0.1, 0.15) is 22.3 Å². The van der Waals surface area contributed by atoms with Crippen LogP contribution >= 0.6 is 11.8 Å². The Labute approximate surface area is 198 Å². The summed E-state index contributed by atoms with van der Waals surface area (Å²) >= 11 is 0.734. The van der Waals surface area contributed by atoms with E-state index in [0.717, 1.165) is 29.5 Å². The van der Waals surface area contributed by atoms with Crippen molar-refractivity contribution in [2.24, 2.45) is 0 Å². The van der Waals surface area contributed by atoms with E-state index in [2.05, 4.69) is 4.74 Å². The first-order valence-electron chi connectivity index (χ1n) is 10.1. The van der Waals surface area contributed by atoms with Gasteiger partial charge in [0.15, 0.2) is 0 Å². The molecule has 0 aromatic heterocycles. The minimum Gasteiger partial charge on any atom is -0.469 e. The van der Waals surface area contributed by atoms with E-state index < -0.39 is 28.9 Å². The number of methoxy groups -OCH3 is 1. The van der Waals surface area contributed by atoms with E-state index in [-0.39, 0.29) is 41.2 Å². The Morgan fingerprint density at radius 2 is 1.71 bits per heavy atom. The lowest BCUT2D eigenvalue weighted by molar-refractivity contribution is -0.140. The Balaban J connectivity index is 1.83. The summed E-state index contributed by atoms with van der Waals surface area (Å²) in [4.78, 5) is 36.3. The number of halogens is 2. The van der Waals surface area contributed by atoms with E-state index in [1.54, 1.807) is 24.3 Å². The number of esters is 2. The molecule has 34 heavy (non-hydrogen) atoms. The zero-order chi connectivity index (χ0) is 24.5. The van der Waals surface area contributed by atoms with Gasteiger partial charge in [0.2, 0.25) is 0 Å². The second kappa shape index (κ2) is 11.9. The van der Waals surface area contributed by atoms with Gasteiger partial charge in [-0.2, -0.15) is 0 Å². The maximum Gasteiger partial charge on any atom is 0.372 e. The van der Waals surface area contributed by atoms with Crippen LogP contribution in [0.5, 0.6) is 5.75 Å². The average Bonchev–Trinajstić information content (AvgIpc) is 2.83. The van der Waals surface area contributed by atoms with Gasteiger partial charge in [0.05, 0.1) is 13.5 Å². The minimum atomic E-state index is -0.813. The van der Waals surface area contributed by atoms with Gasteiger partial charge in [-0.15, -0.1) is 0 Å². The molecule has 0 aliphatic carbocycles. The molecule has 0 heterocycles. The van der Waals surface area contributed by atoms with Crippen molar-refractivity contribution in [2.45, 2.75) is 13.0 Å². The highest BCUT2D eigenvalue weighted by atomic mass is 32.2. The largest absolute Gasteiger partial charge is 0.469 e. The topological polar surface area (TPSA) is 78.9 Å². The van der Waals surface area contributed by atoms with Gasteiger partial charge in [-0.05, 0) is 47.2 Å². The van der Waals surface area contributed by atoms with Gasteiger partial charge in [0.25, 0.3) is 0 Å². The predicted octanol–water partition coefficient (Wildman–Crippen LogP) is 5.78. The fraction of sp³-hybridized carbons (Fsp3) is 0.160. The van der Waals surface area contributed by atoms with Crippen molar-refractivity contribution < 1.29 is 37.4 Å². The van der Waals surface area contributed by atoms with Gasteiger partial charge in [-0.1, -0.05) is 36.4 Å². The van der Waals surface area contributed by atoms with Crippen LogP contribution in [0.4, 0.5) is 13.6 Å². The highest BCUT2D eigenvalue weighted by molar-refractivity contribution is 8.13. The quantitative estimate of drug-likeness (QED) is 0.373. The fourth-order valence-corrected chi connectivity index (χ4v) is 3.49. The van der Waals surface area contributed by atoms with E-state index in [4.69, 9.17) is 9.47 Å². The molecule has 3 aromatic carbocycles. The van der Waals surface area contributed by atoms with Crippen LogP contribution < -0.4 is 4.74 Å². The first-order chi connectivity index (χ1) is 16.4. The van der Waals surface area contributed by atoms with Gasteiger partial charge in [-0.25, -0.2) is 18.4 Å². The van der Waals surface area contributed by atoms with Crippen molar-refractivity contribution >= 4 is 29.0 Å². The molecule has 0 saturated carbocycles. The molecule has 3 aromatic rings. The van der Waals surface area contributed by atoms with Crippen molar-refractivity contribution in [1.29, 1.82) is 0 Å². The lowest BCUT2D eigenvalue weighted by Crippen LogP contribution is -2.11. The zero-order valence-electron chi connectivity index (χ0n) is 18.1. The molecule has 6 nitrogen and oxygen atoms in total. The maximum absolute atomic E-state index is 14.3. The summed E-state index contributed by atoms with van der Waals surface area (Å²) in [6, 6.07) is 16.1. The Kier molecular flexibility index (Phi) is 8.75. The molecular formula is C25H20F2O6S. The van der Waals surface area contributed by atoms with Crippen LogP contribution in [0.15, 0.2) is 66.7 Å². The Bertz CT molecular complexity index is 1180. The van der Waals surface area contributed by atoms with Gasteiger partial charge in [0.1, 0.15) is 29.6 Å². The van der Waals surface area contributed by atoms with Crippen LogP contribution in [-0.4, -0.2) is 30.1 Å². The molecule has 0 radical (unpaired) electrons. The number of rotatable bonds is 8. The number of thioether (sulfide) groups is 1. The zero-order valence-corrected chi connectivity index (χ0v) is 18.9. The van der Waals surface area contributed by atoms with Crippen LogP contribution in [0, 0.1) is 11.6 Å². The molecule has 0 amide bonds. The van der Waals surface area contributed by atoms with Gasteiger partial charge < -0.3 is 14.2 Å². The third kappa shape index (κ3) is 6.89. The first kappa shape index (κ1) is 24.9. The minimum absolute atomic E-state index is 0.00498. The molecule has 0 saturated heterocycles. The summed E-state index contributed by atoms with van der Waals surface area (Å²) in [5, 5.41) is -0.748. The summed E-state index contributed by atoms with van der Waals surface area (Å²) in [6.07, 6.45) is 0.00498. The Morgan fingerprint density at radius 3 is 2.41 bits per heavy atom. The Hall–Kier alpha value is -3.72. The van der Waals surface area contributed by atoms with E-state index >= 15 is 0 Å². The van der Waals surface area contributed by atoms with Gasteiger partial charge >= 0.3 is 17.2 Å². The number of ether oxygens (including phenoxy) is 3. The molecular weight excluding hydrogens is 466 g/mol. The third-order valence-corrected chi connectivity index (χ3v) is 5.33. The lowest BCUT2D eigenvalue weighted by atomic mass is 10.0. The molecule has 0 bridgehead atoms. The first-order valence-corrected chi connectivity index (χ1v) is 11.1. The van der Waals surface area contributed by atoms with Gasteiger partial charge in [-0.3, -0.25) is 4.79 Å². The van der Waals surface area contributed by atoms with E-state index in [1.807, 2.05) is 6.07 Å². The summed E-state index contributed by atoms with van der Waals surface area (Å²) < 4.78 is 42.8. The molecule has 0 fully saturated rings. The highest BCUT2D eigenvalue weighted by Crippen LogP contribution is 2.30. The van der Waals surface area contributed by atoms with Crippen LogP contribution in [0.25, 0.3) is 11.1 Å². The smallest absolute Gasteiger partial charge is 0.372 e. The number of carbonyl (C=O) groups is 3. The van der Waals surface area contributed by atoms with E-state index in [9.17, 15) is 23.2 Å². The fourth-order valence-electron chi connectivity index (χ4n) is 2.91. The number of carbonyl (C=O) groups excluding carboxylic acids is 3. The van der Waals surface area contributed by atoms with Crippen LogP contribution in [0.3, 0.4) is 0 Å². The lowest BCUT2D eigenvalue weighted by Gasteiger charge is -2.12. The van der Waals surface area contributed by atoms with Crippen molar-refractivity contribution in [2.75, 3.05) is 12.9 Å². The molecule has 9 heteroatoms. The van der Waals surface area contributed by atoms with E-state index in [1.165, 1.54) is 31.4 Å². The van der Waals surface area contributed by atoms with Crippen molar-refractivity contribution in [3.05, 3.63) is 89.5 Å². The highest BCUT2D eigenvalue weighted by Gasteiger charge is 2.20. The van der Waals surface area contributed by atoms with Crippen LogP contribution in [-0.2, 0) is 20.9 Å². The second-order valence-electron chi connectivity index (χ2n) is 6.92. The predicted molar refractivity (Wildman–Crippen MR) is 122 cm³/mol. The molecule has 0 unspecified atom stereocenters. The third-order valence-electron chi connectivity index (χ3n) is 4.60. The molecule has 0 atom stereocenters. The average molecular weight is 486 g/mol. The van der Waals surface area contributed by atoms with Crippen molar-refractivity contribution in [1.82, 2.24) is 0 Å². The molecule has 0 N–H and O–H groups in total. The second-order valence-corrected chi connectivity index (χ2v) is 7.95. The molecule has 0 spiro atoms. The number of hydrogen-bond acceptors (Lipinski definition) is 7. The van der Waals surface area contributed by atoms with Crippen molar-refractivity contribution in [3.8, 4) is 16.9 Å². The summed E-state index contributed by atoms with van der Waals surface area (Å²) in [5.74, 6) is -2.80. The molecule has 0 aliphatic rings. The molecule has 0 aliphatic heterocycles.